The number of hydrogen-bond acceptors (Lipinski definition) is 2. The summed E-state index contributed by atoms with van der Waals surface area (Å²) in [7, 11) is 0. The fraction of sp³-hybridized carbons (Fsp3) is 0. The van der Waals surface area contributed by atoms with Gasteiger partial charge in [0, 0.05) is 14.0 Å². The lowest BCUT2D eigenvalue weighted by molar-refractivity contribution is 1.47. The molecule has 0 radical (unpaired) electrons. The number of rotatable bonds is 4. The molecule has 2 heteroatoms. The van der Waals surface area contributed by atoms with Crippen molar-refractivity contribution in [2.75, 3.05) is 0 Å². The second-order valence-electron chi connectivity index (χ2n) is 3.20. The van der Waals surface area contributed by atoms with E-state index in [4.69, 9.17) is 0 Å². The zero-order valence-electron chi connectivity index (χ0n) is 8.80. The standard InChI is InChI=1S/C14H12S2/c1-12(15-13-8-4-2-5-9-13)16-14-10-6-3-7-11-14/h2-11H,1H2. The Balaban J connectivity index is 1.95. The number of hydrogen-bond donors (Lipinski definition) is 0. The summed E-state index contributed by atoms with van der Waals surface area (Å²) in [5.74, 6) is 0. The maximum atomic E-state index is 4.07. The van der Waals surface area contributed by atoms with Crippen LogP contribution < -0.4 is 0 Å². The second-order valence-corrected chi connectivity index (χ2v) is 5.80. The fourth-order valence-corrected chi connectivity index (χ4v) is 3.12. The zero-order chi connectivity index (χ0) is 11.2. The number of benzene rings is 2. The van der Waals surface area contributed by atoms with E-state index in [-0.39, 0.29) is 0 Å². The molecule has 0 aliphatic heterocycles. The van der Waals surface area contributed by atoms with Gasteiger partial charge in [-0.25, -0.2) is 0 Å². The Kier molecular flexibility index (Phi) is 4.14. The van der Waals surface area contributed by atoms with E-state index < -0.39 is 0 Å². The summed E-state index contributed by atoms with van der Waals surface area (Å²) in [6.45, 7) is 4.07. The van der Waals surface area contributed by atoms with E-state index in [9.17, 15) is 0 Å². The quantitative estimate of drug-likeness (QED) is 0.691. The van der Waals surface area contributed by atoms with E-state index in [1.807, 2.05) is 36.4 Å². The van der Waals surface area contributed by atoms with Crippen LogP contribution in [0.2, 0.25) is 0 Å². The molecule has 0 bridgehead atoms. The molecule has 16 heavy (non-hydrogen) atoms. The van der Waals surface area contributed by atoms with Gasteiger partial charge in [-0.05, 0) is 24.3 Å². The molecule has 0 unspecified atom stereocenters. The molecule has 0 atom stereocenters. The van der Waals surface area contributed by atoms with Gasteiger partial charge in [-0.1, -0.05) is 66.5 Å². The lowest BCUT2D eigenvalue weighted by Gasteiger charge is -2.04. The molecule has 0 amide bonds. The third-order valence-corrected chi connectivity index (χ3v) is 3.92. The minimum Gasteiger partial charge on any atom is -0.0834 e. The van der Waals surface area contributed by atoms with Crippen LogP contribution in [0.1, 0.15) is 0 Å². The van der Waals surface area contributed by atoms with Crippen LogP contribution in [0.4, 0.5) is 0 Å². The summed E-state index contributed by atoms with van der Waals surface area (Å²) in [5, 5.41) is 0. The van der Waals surface area contributed by atoms with Crippen molar-refractivity contribution in [2.45, 2.75) is 9.79 Å². The van der Waals surface area contributed by atoms with Crippen LogP contribution in [0.25, 0.3) is 0 Å². The van der Waals surface area contributed by atoms with E-state index in [1.54, 1.807) is 23.5 Å². The minimum absolute atomic E-state index is 1.09. The predicted molar refractivity (Wildman–Crippen MR) is 73.7 cm³/mol. The molecule has 0 aliphatic rings. The third-order valence-electron chi connectivity index (χ3n) is 1.95. The van der Waals surface area contributed by atoms with Crippen LogP contribution in [-0.2, 0) is 0 Å². The van der Waals surface area contributed by atoms with Crippen LogP contribution in [0, 0.1) is 0 Å². The van der Waals surface area contributed by atoms with Gasteiger partial charge in [0.05, 0.1) is 0 Å². The highest BCUT2D eigenvalue weighted by Crippen LogP contribution is 2.37. The molecule has 0 nitrogen and oxygen atoms in total. The topological polar surface area (TPSA) is 0 Å². The lowest BCUT2D eigenvalue weighted by Crippen LogP contribution is -1.72. The fourth-order valence-electron chi connectivity index (χ4n) is 1.26. The monoisotopic (exact) mass is 244 g/mol. The van der Waals surface area contributed by atoms with Crippen LogP contribution in [0.3, 0.4) is 0 Å². The third kappa shape index (κ3) is 3.47. The van der Waals surface area contributed by atoms with Crippen LogP contribution >= 0.6 is 23.5 Å². The van der Waals surface area contributed by atoms with E-state index in [1.165, 1.54) is 9.79 Å². The molecule has 0 saturated heterocycles. The maximum absolute atomic E-state index is 4.07. The van der Waals surface area contributed by atoms with Gasteiger partial charge in [-0.3, -0.25) is 0 Å². The van der Waals surface area contributed by atoms with Crippen molar-refractivity contribution in [1.82, 2.24) is 0 Å². The Morgan fingerprint density at radius 3 is 1.44 bits per heavy atom. The van der Waals surface area contributed by atoms with Gasteiger partial charge in [0.2, 0.25) is 0 Å². The van der Waals surface area contributed by atoms with Gasteiger partial charge in [-0.2, -0.15) is 0 Å². The van der Waals surface area contributed by atoms with Crippen molar-refractivity contribution < 1.29 is 0 Å². The zero-order valence-corrected chi connectivity index (χ0v) is 10.4. The molecule has 0 aliphatic carbocycles. The summed E-state index contributed by atoms with van der Waals surface area (Å²) in [6.07, 6.45) is 0. The van der Waals surface area contributed by atoms with E-state index in [0.29, 0.717) is 0 Å². The highest BCUT2D eigenvalue weighted by atomic mass is 32.2. The molecule has 2 aromatic rings. The molecule has 0 spiro atoms. The van der Waals surface area contributed by atoms with Gasteiger partial charge in [-0.15, -0.1) is 0 Å². The summed E-state index contributed by atoms with van der Waals surface area (Å²) in [5.41, 5.74) is 0. The Morgan fingerprint density at radius 1 is 0.688 bits per heavy atom. The highest BCUT2D eigenvalue weighted by molar-refractivity contribution is 8.22. The van der Waals surface area contributed by atoms with Gasteiger partial charge in [0.25, 0.3) is 0 Å². The lowest BCUT2D eigenvalue weighted by atomic mass is 10.4. The molecule has 2 rings (SSSR count). The average Bonchev–Trinajstić information content (AvgIpc) is 2.31. The van der Waals surface area contributed by atoms with E-state index in [0.717, 1.165) is 4.24 Å². The Hall–Kier alpha value is -1.12. The van der Waals surface area contributed by atoms with Crippen molar-refractivity contribution >= 4 is 23.5 Å². The van der Waals surface area contributed by atoms with Crippen molar-refractivity contribution in [3.05, 3.63) is 71.5 Å². The van der Waals surface area contributed by atoms with E-state index >= 15 is 0 Å². The first kappa shape index (κ1) is 11.4. The number of thioether (sulfide) groups is 2. The van der Waals surface area contributed by atoms with Gasteiger partial charge < -0.3 is 0 Å². The minimum atomic E-state index is 1.09. The Labute approximate surface area is 105 Å². The van der Waals surface area contributed by atoms with Crippen LogP contribution in [0.5, 0.6) is 0 Å². The van der Waals surface area contributed by atoms with Gasteiger partial charge in [0.15, 0.2) is 0 Å². The van der Waals surface area contributed by atoms with Gasteiger partial charge >= 0.3 is 0 Å². The van der Waals surface area contributed by atoms with Crippen molar-refractivity contribution in [3.63, 3.8) is 0 Å². The van der Waals surface area contributed by atoms with E-state index in [2.05, 4.69) is 30.8 Å². The molecular formula is C14H12S2. The van der Waals surface area contributed by atoms with Crippen molar-refractivity contribution in [1.29, 1.82) is 0 Å². The normalized spacial score (nSPS) is 10.0. The van der Waals surface area contributed by atoms with Crippen molar-refractivity contribution in [2.24, 2.45) is 0 Å². The molecule has 2 aromatic carbocycles. The molecule has 0 N–H and O–H groups in total. The van der Waals surface area contributed by atoms with Crippen LogP contribution in [-0.4, -0.2) is 0 Å². The summed E-state index contributed by atoms with van der Waals surface area (Å²) >= 11 is 3.41. The summed E-state index contributed by atoms with van der Waals surface area (Å²) < 4.78 is 1.09. The molecule has 0 heterocycles. The van der Waals surface area contributed by atoms with Crippen molar-refractivity contribution in [3.8, 4) is 0 Å². The van der Waals surface area contributed by atoms with Gasteiger partial charge in [0.1, 0.15) is 0 Å². The predicted octanol–water partition coefficient (Wildman–Crippen LogP) is 5.04. The molecule has 0 saturated carbocycles. The summed E-state index contributed by atoms with van der Waals surface area (Å²) in [4.78, 5) is 2.46. The van der Waals surface area contributed by atoms with Crippen LogP contribution in [0.15, 0.2) is 81.3 Å². The molecule has 80 valence electrons. The first-order valence-electron chi connectivity index (χ1n) is 4.99. The maximum Gasteiger partial charge on any atom is 0.0427 e. The molecule has 0 aromatic heterocycles. The second kappa shape index (κ2) is 5.83. The molecular weight excluding hydrogens is 232 g/mol. The summed E-state index contributed by atoms with van der Waals surface area (Å²) in [6, 6.07) is 20.6. The molecule has 0 fully saturated rings. The SMILES string of the molecule is C=C(Sc1ccccc1)Sc1ccccc1. The largest absolute Gasteiger partial charge is 0.0834 e. The first-order chi connectivity index (χ1) is 7.84. The first-order valence-corrected chi connectivity index (χ1v) is 6.62. The Bertz CT molecular complexity index is 405. The average molecular weight is 244 g/mol. The highest BCUT2D eigenvalue weighted by Gasteiger charge is 2.00. The Morgan fingerprint density at radius 2 is 1.06 bits per heavy atom. The smallest absolute Gasteiger partial charge is 0.0427 e.